The van der Waals surface area contributed by atoms with Crippen molar-refractivity contribution in [1.29, 1.82) is 0 Å². The van der Waals surface area contributed by atoms with E-state index in [1.807, 2.05) is 49.5 Å². The van der Waals surface area contributed by atoms with E-state index in [2.05, 4.69) is 10.6 Å². The van der Waals surface area contributed by atoms with E-state index in [1.165, 1.54) is 0 Å². The molecule has 0 aliphatic heterocycles. The average molecular weight is 334 g/mol. The van der Waals surface area contributed by atoms with Crippen molar-refractivity contribution in [3.8, 4) is 17.1 Å². The minimum atomic E-state index is 0. The number of methoxy groups -OCH3 is 1. The normalized spacial score (nSPS) is 10.3. The molecule has 0 saturated heterocycles. The molecule has 0 bridgehead atoms. The van der Waals surface area contributed by atoms with Crippen LogP contribution in [0.15, 0.2) is 48.5 Å². The van der Waals surface area contributed by atoms with Crippen LogP contribution in [0.1, 0.15) is 0 Å². The fourth-order valence-electron chi connectivity index (χ4n) is 2.41. The first-order valence-electron chi connectivity index (χ1n) is 6.11. The number of hydrogen-bond acceptors (Lipinski definition) is 2. The number of aryl methyl sites for hydroxylation is 1. The van der Waals surface area contributed by atoms with Crippen molar-refractivity contribution in [3.63, 3.8) is 0 Å². The van der Waals surface area contributed by atoms with Gasteiger partial charge in [0.15, 0.2) is 11.0 Å². The molecule has 0 unspecified atom stereocenters. The Morgan fingerprint density at radius 1 is 1.05 bits per heavy atom. The topological polar surface area (TPSA) is 44.1 Å². The van der Waals surface area contributed by atoms with Crippen LogP contribution in [0, 0.1) is 0 Å². The molecule has 1 heterocycles. The summed E-state index contributed by atoms with van der Waals surface area (Å²) >= 11 is 0. The van der Waals surface area contributed by atoms with Crippen LogP contribution in [0.25, 0.3) is 22.4 Å². The lowest BCUT2D eigenvalue weighted by Crippen LogP contribution is -3.00. The maximum Gasteiger partial charge on any atom is 0.312 e. The van der Waals surface area contributed by atoms with Crippen LogP contribution in [0.4, 0.5) is 0 Å². The second kappa shape index (κ2) is 5.54. The van der Waals surface area contributed by atoms with Crippen molar-refractivity contribution >= 4 is 11.0 Å². The first-order chi connectivity index (χ1) is 9.22. The monoisotopic (exact) mass is 333 g/mol. The number of nitrogens with two attached hydrogens (primary N) is 1. The van der Waals surface area contributed by atoms with Crippen LogP contribution >= 0.6 is 0 Å². The fraction of sp³-hybridized carbons (Fsp3) is 0.133. The zero-order valence-corrected chi connectivity index (χ0v) is 13.0. The lowest BCUT2D eigenvalue weighted by atomic mass is 10.2. The predicted molar refractivity (Wildman–Crippen MR) is 75.3 cm³/mol. The second-order valence-corrected chi connectivity index (χ2v) is 4.47. The molecule has 3 aromatic rings. The highest BCUT2D eigenvalue weighted by atomic mass is 79.9. The highest BCUT2D eigenvalue weighted by Gasteiger charge is 2.22. The van der Waals surface area contributed by atoms with E-state index in [9.17, 15) is 0 Å². The maximum atomic E-state index is 6.21. The van der Waals surface area contributed by atoms with Crippen LogP contribution in [-0.4, -0.2) is 11.8 Å². The van der Waals surface area contributed by atoms with Crippen molar-refractivity contribution < 1.29 is 26.3 Å². The highest BCUT2D eigenvalue weighted by Crippen LogP contribution is 2.22. The van der Waals surface area contributed by atoms with Gasteiger partial charge in [0.1, 0.15) is 5.75 Å². The number of imidazole rings is 1. The van der Waals surface area contributed by atoms with Gasteiger partial charge in [-0.1, -0.05) is 12.1 Å². The molecule has 1 aromatic heterocycles. The Bertz CT molecular complexity index is 696. The van der Waals surface area contributed by atoms with Crippen LogP contribution in [0.3, 0.4) is 0 Å². The van der Waals surface area contributed by atoms with E-state index in [0.29, 0.717) is 0 Å². The molecular weight excluding hydrogens is 318 g/mol. The summed E-state index contributed by atoms with van der Waals surface area (Å²) < 4.78 is 8.99. The minimum absolute atomic E-state index is 0. The van der Waals surface area contributed by atoms with Gasteiger partial charge in [-0.05, 0) is 36.4 Å². The number of rotatable bonds is 2. The zero-order valence-electron chi connectivity index (χ0n) is 11.4. The molecule has 0 spiro atoms. The molecule has 3 rings (SSSR count). The number of fused-ring (bicyclic) bond motifs is 1. The second-order valence-electron chi connectivity index (χ2n) is 4.47. The summed E-state index contributed by atoms with van der Waals surface area (Å²) in [5.41, 5.74) is 3.17. The Morgan fingerprint density at radius 3 is 2.30 bits per heavy atom. The summed E-state index contributed by atoms with van der Waals surface area (Å²) in [5, 5.41) is 0. The summed E-state index contributed by atoms with van der Waals surface area (Å²) in [6.45, 7) is 0. The van der Waals surface area contributed by atoms with Crippen LogP contribution in [-0.2, 0) is 7.05 Å². The van der Waals surface area contributed by atoms with Gasteiger partial charge in [-0.15, -0.1) is 4.68 Å². The number of nitrogens with zero attached hydrogens (tertiary/aromatic N) is 2. The summed E-state index contributed by atoms with van der Waals surface area (Å²) in [5.74, 6) is 8.01. The SMILES string of the molecule is COc1ccc(-c2n(N)c3ccccc3[n+]2C)cc1.[Br-]. The molecule has 0 atom stereocenters. The molecule has 0 aliphatic rings. The third-order valence-electron chi connectivity index (χ3n) is 3.40. The zero-order chi connectivity index (χ0) is 13.4. The molecule has 0 radical (unpaired) electrons. The smallest absolute Gasteiger partial charge is 0.312 e. The number of para-hydroxylation sites is 2. The maximum absolute atomic E-state index is 6.21. The van der Waals surface area contributed by atoms with Gasteiger partial charge in [0.25, 0.3) is 0 Å². The van der Waals surface area contributed by atoms with Gasteiger partial charge in [-0.3, -0.25) is 5.84 Å². The quantitative estimate of drug-likeness (QED) is 0.476. The Hall–Kier alpha value is -2.01. The molecule has 2 N–H and O–H groups in total. The molecule has 0 aliphatic carbocycles. The standard InChI is InChI=1S/C15H16N3O.BrH/c1-17-13-5-3-4-6-14(13)18(16)15(17)11-7-9-12(19-2)10-8-11;/h3-10H,16H2,1-2H3;1H/q+1;/p-1. The number of benzene rings is 2. The van der Waals surface area contributed by atoms with Crippen molar-refractivity contribution in [2.75, 3.05) is 13.0 Å². The van der Waals surface area contributed by atoms with E-state index >= 15 is 0 Å². The van der Waals surface area contributed by atoms with Gasteiger partial charge >= 0.3 is 5.82 Å². The number of halogens is 1. The van der Waals surface area contributed by atoms with E-state index in [1.54, 1.807) is 11.8 Å². The average Bonchev–Trinajstić information content (AvgIpc) is 2.72. The van der Waals surface area contributed by atoms with Crippen molar-refractivity contribution in [2.24, 2.45) is 7.05 Å². The number of hydrogen-bond donors (Lipinski definition) is 1. The Labute approximate surface area is 128 Å². The third kappa shape index (κ3) is 2.14. The van der Waals surface area contributed by atoms with Crippen molar-refractivity contribution in [2.45, 2.75) is 0 Å². The summed E-state index contributed by atoms with van der Waals surface area (Å²) in [7, 11) is 3.68. The first kappa shape index (κ1) is 14.4. The number of ether oxygens (including phenoxy) is 1. The predicted octanol–water partition coefficient (Wildman–Crippen LogP) is -1.14. The molecule has 5 heteroatoms. The van der Waals surface area contributed by atoms with Gasteiger partial charge in [-0.25, -0.2) is 4.57 Å². The molecule has 20 heavy (non-hydrogen) atoms. The minimum Gasteiger partial charge on any atom is -1.00 e. The van der Waals surface area contributed by atoms with Crippen molar-refractivity contribution in [3.05, 3.63) is 48.5 Å². The first-order valence-corrected chi connectivity index (χ1v) is 6.11. The Kier molecular flexibility index (Phi) is 3.99. The van der Waals surface area contributed by atoms with Crippen molar-refractivity contribution in [1.82, 2.24) is 4.68 Å². The Balaban J connectivity index is 0.00000147. The highest BCUT2D eigenvalue weighted by molar-refractivity contribution is 5.76. The molecule has 4 nitrogen and oxygen atoms in total. The van der Waals surface area contributed by atoms with E-state index in [0.717, 1.165) is 28.2 Å². The Morgan fingerprint density at radius 2 is 1.70 bits per heavy atom. The molecule has 2 aromatic carbocycles. The summed E-state index contributed by atoms with van der Waals surface area (Å²) in [6, 6.07) is 16.0. The summed E-state index contributed by atoms with van der Waals surface area (Å²) in [4.78, 5) is 0. The molecule has 0 saturated carbocycles. The molecule has 0 fully saturated rings. The van der Waals surface area contributed by atoms with E-state index < -0.39 is 0 Å². The van der Waals surface area contributed by atoms with E-state index in [-0.39, 0.29) is 17.0 Å². The van der Waals surface area contributed by atoms with Crippen LogP contribution in [0.5, 0.6) is 5.75 Å². The number of aromatic nitrogens is 2. The molecule has 0 amide bonds. The largest absolute Gasteiger partial charge is 1.00 e. The van der Waals surface area contributed by atoms with Gasteiger partial charge in [0.05, 0.1) is 19.7 Å². The molecule has 104 valence electrons. The van der Waals surface area contributed by atoms with Crippen LogP contribution in [0.2, 0.25) is 0 Å². The van der Waals surface area contributed by atoms with E-state index in [4.69, 9.17) is 10.6 Å². The summed E-state index contributed by atoms with van der Waals surface area (Å²) in [6.07, 6.45) is 0. The number of nitrogen functional groups attached to an aromatic ring is 1. The lowest BCUT2D eigenvalue weighted by molar-refractivity contribution is -0.633. The van der Waals surface area contributed by atoms with Gasteiger partial charge in [-0.2, -0.15) is 0 Å². The van der Waals surface area contributed by atoms with Crippen LogP contribution < -0.4 is 32.1 Å². The molecular formula is C15H16BrN3O. The fourth-order valence-corrected chi connectivity index (χ4v) is 2.41. The lowest BCUT2D eigenvalue weighted by Gasteiger charge is -2.01. The van der Waals surface area contributed by atoms with Gasteiger partial charge < -0.3 is 21.7 Å². The van der Waals surface area contributed by atoms with Gasteiger partial charge in [0, 0.05) is 0 Å². The third-order valence-corrected chi connectivity index (χ3v) is 3.40. The van der Waals surface area contributed by atoms with Gasteiger partial charge in [0.2, 0.25) is 0 Å².